The molecule has 0 saturated heterocycles. The quantitative estimate of drug-likeness (QED) is 0.811. The van der Waals surface area contributed by atoms with Crippen molar-refractivity contribution in [1.82, 2.24) is 15.1 Å². The second-order valence-electron chi connectivity index (χ2n) is 5.44. The Morgan fingerprint density at radius 3 is 2.71 bits per heavy atom. The molecule has 0 spiro atoms. The molecule has 5 nitrogen and oxygen atoms in total. The largest absolute Gasteiger partial charge is 0.481 e. The summed E-state index contributed by atoms with van der Waals surface area (Å²) in [4.78, 5) is 12.1. The number of halogens is 2. The van der Waals surface area contributed by atoms with Gasteiger partial charge in [0.15, 0.2) is 0 Å². The maximum absolute atomic E-state index is 12.1. The average molecular weight is 370 g/mol. The maximum atomic E-state index is 12.1. The molecule has 1 aromatic carbocycles. The first kappa shape index (κ1) is 18.6. The molecule has 2 rings (SSSR count). The predicted molar refractivity (Wildman–Crippen MR) is 95.8 cm³/mol. The van der Waals surface area contributed by atoms with E-state index in [-0.39, 0.29) is 5.91 Å². The van der Waals surface area contributed by atoms with Gasteiger partial charge in [0, 0.05) is 20.0 Å². The minimum Gasteiger partial charge on any atom is -0.481 e. The summed E-state index contributed by atoms with van der Waals surface area (Å²) in [6.07, 6.45) is 1.77. The summed E-state index contributed by atoms with van der Waals surface area (Å²) in [6.45, 7) is 2.43. The van der Waals surface area contributed by atoms with E-state index < -0.39 is 0 Å². The van der Waals surface area contributed by atoms with Gasteiger partial charge in [0.2, 0.25) is 11.8 Å². The highest BCUT2D eigenvalue weighted by Gasteiger charge is 2.16. The molecule has 7 heteroatoms. The van der Waals surface area contributed by atoms with Crippen molar-refractivity contribution in [2.45, 2.75) is 32.7 Å². The van der Waals surface area contributed by atoms with E-state index in [4.69, 9.17) is 27.9 Å². The van der Waals surface area contributed by atoms with Gasteiger partial charge in [0.05, 0.1) is 28.4 Å². The lowest BCUT2D eigenvalue weighted by Crippen LogP contribution is -2.23. The van der Waals surface area contributed by atoms with Crippen molar-refractivity contribution < 1.29 is 9.53 Å². The Kier molecular flexibility index (Phi) is 6.52. The van der Waals surface area contributed by atoms with Crippen LogP contribution in [-0.2, 0) is 31.2 Å². The number of nitrogens with zero attached hydrogens (tertiary/aromatic N) is 2. The van der Waals surface area contributed by atoms with Gasteiger partial charge in [-0.2, -0.15) is 5.10 Å². The Morgan fingerprint density at radius 1 is 1.33 bits per heavy atom. The normalized spacial score (nSPS) is 10.7. The van der Waals surface area contributed by atoms with E-state index in [1.807, 2.05) is 20.0 Å². The Balaban J connectivity index is 1.92. The molecule has 0 atom stereocenters. The summed E-state index contributed by atoms with van der Waals surface area (Å²) in [5.41, 5.74) is 2.83. The van der Waals surface area contributed by atoms with Crippen LogP contribution in [0.2, 0.25) is 10.0 Å². The van der Waals surface area contributed by atoms with Gasteiger partial charge >= 0.3 is 0 Å². The number of hydrogen-bond acceptors (Lipinski definition) is 3. The third-order valence-corrected chi connectivity index (χ3v) is 4.53. The zero-order chi connectivity index (χ0) is 17.7. The molecular formula is C17H21Cl2N3O2. The Bertz CT molecular complexity index is 729. The number of carbonyl (C=O) groups is 1. The number of carbonyl (C=O) groups excluding carboxylic acids is 1. The van der Waals surface area contributed by atoms with Gasteiger partial charge in [-0.05, 0) is 30.5 Å². The first-order valence-electron chi connectivity index (χ1n) is 7.75. The number of methoxy groups -OCH3 is 1. The molecule has 130 valence electrons. The van der Waals surface area contributed by atoms with E-state index in [0.717, 1.165) is 23.2 Å². The molecule has 24 heavy (non-hydrogen) atoms. The molecule has 1 amide bonds. The van der Waals surface area contributed by atoms with Crippen molar-refractivity contribution >= 4 is 29.1 Å². The van der Waals surface area contributed by atoms with Crippen LogP contribution in [0.4, 0.5) is 0 Å². The molecule has 0 aliphatic heterocycles. The van der Waals surface area contributed by atoms with Gasteiger partial charge in [0.1, 0.15) is 0 Å². The van der Waals surface area contributed by atoms with Crippen LogP contribution in [0.3, 0.4) is 0 Å². The van der Waals surface area contributed by atoms with E-state index in [0.29, 0.717) is 35.3 Å². The molecule has 0 aliphatic rings. The SMILES string of the molecule is CCc1nn(C)c(OC)c1CNC(=O)CCc1ccc(Cl)c(Cl)c1. The summed E-state index contributed by atoms with van der Waals surface area (Å²) in [6, 6.07) is 5.41. The molecule has 1 N–H and O–H groups in total. The van der Waals surface area contributed by atoms with Crippen LogP contribution in [0.5, 0.6) is 5.88 Å². The number of amides is 1. The highest BCUT2D eigenvalue weighted by Crippen LogP contribution is 2.23. The number of rotatable bonds is 7. The summed E-state index contributed by atoms with van der Waals surface area (Å²) in [5.74, 6) is 0.644. The van der Waals surface area contributed by atoms with Crippen molar-refractivity contribution in [3.05, 3.63) is 45.1 Å². The minimum atomic E-state index is -0.0333. The van der Waals surface area contributed by atoms with Gasteiger partial charge in [-0.25, -0.2) is 4.68 Å². The molecule has 0 unspecified atom stereocenters. The first-order valence-corrected chi connectivity index (χ1v) is 8.51. The van der Waals surface area contributed by atoms with E-state index in [2.05, 4.69) is 10.4 Å². The fourth-order valence-corrected chi connectivity index (χ4v) is 2.87. The number of hydrogen-bond donors (Lipinski definition) is 1. The standard InChI is InChI=1S/C17H21Cl2N3O2/c1-4-15-12(17(24-3)22(2)21-15)10-20-16(23)8-6-11-5-7-13(18)14(19)9-11/h5,7,9H,4,6,8,10H2,1-3H3,(H,20,23). The number of ether oxygens (including phenoxy) is 1. The number of aryl methyl sites for hydroxylation is 3. The number of aromatic nitrogens is 2. The topological polar surface area (TPSA) is 56.1 Å². The third kappa shape index (κ3) is 4.42. The molecule has 0 saturated carbocycles. The minimum absolute atomic E-state index is 0.0333. The van der Waals surface area contributed by atoms with Gasteiger partial charge < -0.3 is 10.1 Å². The van der Waals surface area contributed by atoms with Crippen LogP contribution in [-0.4, -0.2) is 22.8 Å². The number of benzene rings is 1. The first-order chi connectivity index (χ1) is 11.5. The lowest BCUT2D eigenvalue weighted by Gasteiger charge is -2.08. The molecule has 1 heterocycles. The number of nitrogens with one attached hydrogen (secondary N) is 1. The molecule has 2 aromatic rings. The van der Waals surface area contributed by atoms with E-state index in [1.165, 1.54) is 0 Å². The average Bonchev–Trinajstić information content (AvgIpc) is 2.88. The second-order valence-corrected chi connectivity index (χ2v) is 6.25. The van der Waals surface area contributed by atoms with Crippen molar-refractivity contribution in [2.75, 3.05) is 7.11 Å². The Hall–Kier alpha value is -1.72. The fourth-order valence-electron chi connectivity index (χ4n) is 2.55. The van der Waals surface area contributed by atoms with E-state index >= 15 is 0 Å². The van der Waals surface area contributed by atoms with Gasteiger partial charge in [-0.3, -0.25) is 4.79 Å². The van der Waals surface area contributed by atoms with Crippen LogP contribution in [0.25, 0.3) is 0 Å². The molecule has 0 radical (unpaired) electrons. The highest BCUT2D eigenvalue weighted by atomic mass is 35.5. The van der Waals surface area contributed by atoms with Crippen LogP contribution < -0.4 is 10.1 Å². The maximum Gasteiger partial charge on any atom is 0.220 e. The second kappa shape index (κ2) is 8.40. The van der Waals surface area contributed by atoms with Crippen LogP contribution in [0, 0.1) is 0 Å². The molecule has 0 aliphatic carbocycles. The fraction of sp³-hybridized carbons (Fsp3) is 0.412. The van der Waals surface area contributed by atoms with E-state index in [1.54, 1.807) is 23.9 Å². The molecule has 0 bridgehead atoms. The van der Waals surface area contributed by atoms with Crippen molar-refractivity contribution in [3.63, 3.8) is 0 Å². The van der Waals surface area contributed by atoms with E-state index in [9.17, 15) is 4.79 Å². The Labute approximate surface area is 151 Å². The molecular weight excluding hydrogens is 349 g/mol. The van der Waals surface area contributed by atoms with Crippen LogP contribution in [0.15, 0.2) is 18.2 Å². The summed E-state index contributed by atoms with van der Waals surface area (Å²) >= 11 is 11.9. The van der Waals surface area contributed by atoms with Gasteiger partial charge in [-0.15, -0.1) is 0 Å². The Morgan fingerprint density at radius 2 is 2.08 bits per heavy atom. The molecule has 1 aromatic heterocycles. The summed E-state index contributed by atoms with van der Waals surface area (Å²) < 4.78 is 7.06. The smallest absolute Gasteiger partial charge is 0.220 e. The summed E-state index contributed by atoms with van der Waals surface area (Å²) in [5, 5.41) is 8.35. The van der Waals surface area contributed by atoms with Gasteiger partial charge in [0.25, 0.3) is 0 Å². The van der Waals surface area contributed by atoms with Crippen LogP contribution >= 0.6 is 23.2 Å². The van der Waals surface area contributed by atoms with Crippen LogP contribution in [0.1, 0.15) is 30.2 Å². The third-order valence-electron chi connectivity index (χ3n) is 3.79. The lowest BCUT2D eigenvalue weighted by atomic mass is 10.1. The van der Waals surface area contributed by atoms with Crippen molar-refractivity contribution in [1.29, 1.82) is 0 Å². The summed E-state index contributed by atoms with van der Waals surface area (Å²) in [7, 11) is 3.43. The monoisotopic (exact) mass is 369 g/mol. The zero-order valence-electron chi connectivity index (χ0n) is 14.0. The molecule has 0 fully saturated rings. The van der Waals surface area contributed by atoms with Crippen molar-refractivity contribution in [3.8, 4) is 5.88 Å². The van der Waals surface area contributed by atoms with Crippen molar-refractivity contribution in [2.24, 2.45) is 7.05 Å². The highest BCUT2D eigenvalue weighted by molar-refractivity contribution is 6.42. The lowest BCUT2D eigenvalue weighted by molar-refractivity contribution is -0.121. The zero-order valence-corrected chi connectivity index (χ0v) is 15.5. The van der Waals surface area contributed by atoms with Gasteiger partial charge in [-0.1, -0.05) is 36.2 Å². The predicted octanol–water partition coefficient (Wildman–Crippen LogP) is 3.55.